The zero-order chi connectivity index (χ0) is 22.8. The minimum absolute atomic E-state index is 0.0353. The summed E-state index contributed by atoms with van der Waals surface area (Å²) >= 11 is 0. The SMILES string of the molecule is O=C(CN1CCN(S(=O)(=O)c2ccccc2)CC1)N1CCC[C@@H]1c1ccc2c(c1)OCCO2. The van der Waals surface area contributed by atoms with Crippen molar-refractivity contribution in [3.8, 4) is 11.5 Å². The molecule has 2 aromatic rings. The van der Waals surface area contributed by atoms with Gasteiger partial charge in [-0.3, -0.25) is 9.69 Å². The van der Waals surface area contributed by atoms with Crippen LogP contribution in [0, 0.1) is 0 Å². The third-order valence-electron chi connectivity index (χ3n) is 6.60. The van der Waals surface area contributed by atoms with Crippen molar-refractivity contribution in [2.45, 2.75) is 23.8 Å². The number of carbonyl (C=O) groups is 1. The van der Waals surface area contributed by atoms with Gasteiger partial charge < -0.3 is 14.4 Å². The number of rotatable bonds is 5. The van der Waals surface area contributed by atoms with Gasteiger partial charge in [0, 0.05) is 32.7 Å². The Labute approximate surface area is 194 Å². The van der Waals surface area contributed by atoms with Gasteiger partial charge in [-0.05, 0) is 42.7 Å². The standard InChI is InChI=1S/C24H29N3O5S/c28-24(18-25-11-13-26(14-12-25)33(29,30)20-5-2-1-3-6-20)27-10-4-7-21(27)19-8-9-22-23(17-19)32-16-15-31-22/h1-3,5-6,8-9,17,21H,4,7,10-16,18H2/t21-/m1/s1. The molecule has 33 heavy (non-hydrogen) atoms. The first kappa shape index (κ1) is 22.2. The number of hydrogen-bond donors (Lipinski definition) is 0. The smallest absolute Gasteiger partial charge is 0.243 e. The molecule has 2 aromatic carbocycles. The Morgan fingerprint density at radius 2 is 1.64 bits per heavy atom. The molecule has 9 heteroatoms. The molecule has 3 heterocycles. The summed E-state index contributed by atoms with van der Waals surface area (Å²) in [7, 11) is -3.49. The van der Waals surface area contributed by atoms with E-state index in [1.165, 1.54) is 4.31 Å². The molecule has 0 N–H and O–H groups in total. The number of nitrogens with zero attached hydrogens (tertiary/aromatic N) is 3. The second-order valence-electron chi connectivity index (χ2n) is 8.64. The van der Waals surface area contributed by atoms with E-state index in [1.807, 2.05) is 23.1 Å². The Hall–Kier alpha value is -2.62. The van der Waals surface area contributed by atoms with E-state index >= 15 is 0 Å². The third kappa shape index (κ3) is 4.58. The van der Waals surface area contributed by atoms with E-state index in [1.54, 1.807) is 30.3 Å². The predicted molar refractivity (Wildman–Crippen MR) is 123 cm³/mol. The number of likely N-dealkylation sites (tertiary alicyclic amines) is 1. The molecule has 2 saturated heterocycles. The maximum Gasteiger partial charge on any atom is 0.243 e. The molecule has 5 rings (SSSR count). The molecule has 0 aromatic heterocycles. The fourth-order valence-corrected chi connectivity index (χ4v) is 6.27. The number of ether oxygens (including phenoxy) is 2. The van der Waals surface area contributed by atoms with Crippen LogP contribution in [0.2, 0.25) is 0 Å². The van der Waals surface area contributed by atoms with Crippen molar-refractivity contribution in [1.82, 2.24) is 14.1 Å². The zero-order valence-corrected chi connectivity index (χ0v) is 19.4. The van der Waals surface area contributed by atoms with Crippen molar-refractivity contribution in [1.29, 1.82) is 0 Å². The average Bonchev–Trinajstić information content (AvgIpc) is 3.35. The van der Waals surface area contributed by atoms with Gasteiger partial charge in [-0.25, -0.2) is 8.42 Å². The molecular weight excluding hydrogens is 442 g/mol. The summed E-state index contributed by atoms with van der Waals surface area (Å²) in [5.74, 6) is 1.59. The van der Waals surface area contributed by atoms with Crippen molar-refractivity contribution in [3.63, 3.8) is 0 Å². The summed E-state index contributed by atoms with van der Waals surface area (Å²) < 4.78 is 38.5. The summed E-state index contributed by atoms with van der Waals surface area (Å²) in [6.45, 7) is 3.99. The van der Waals surface area contributed by atoms with Gasteiger partial charge in [0.15, 0.2) is 11.5 Å². The Morgan fingerprint density at radius 1 is 0.909 bits per heavy atom. The molecule has 3 aliphatic rings. The van der Waals surface area contributed by atoms with E-state index in [0.717, 1.165) is 36.4 Å². The summed E-state index contributed by atoms with van der Waals surface area (Å²) in [5, 5.41) is 0. The monoisotopic (exact) mass is 471 g/mol. The number of piperazine rings is 1. The summed E-state index contributed by atoms with van der Waals surface area (Å²) in [4.78, 5) is 17.5. The lowest BCUT2D eigenvalue weighted by Gasteiger charge is -2.35. The van der Waals surface area contributed by atoms with E-state index < -0.39 is 10.0 Å². The van der Waals surface area contributed by atoms with E-state index in [0.29, 0.717) is 50.8 Å². The Kier molecular flexibility index (Phi) is 6.27. The summed E-state index contributed by atoms with van der Waals surface area (Å²) in [6, 6.07) is 14.5. The number of fused-ring (bicyclic) bond motifs is 1. The predicted octanol–water partition coefficient (Wildman–Crippen LogP) is 2.13. The minimum Gasteiger partial charge on any atom is -0.486 e. The summed E-state index contributed by atoms with van der Waals surface area (Å²) in [6.07, 6.45) is 1.89. The highest BCUT2D eigenvalue weighted by Gasteiger charge is 2.33. The fourth-order valence-electron chi connectivity index (χ4n) is 4.83. The maximum absolute atomic E-state index is 13.2. The first-order chi connectivity index (χ1) is 16.0. The van der Waals surface area contributed by atoms with Crippen LogP contribution >= 0.6 is 0 Å². The van der Waals surface area contributed by atoms with E-state index in [9.17, 15) is 13.2 Å². The van der Waals surface area contributed by atoms with Crippen LogP contribution in [-0.2, 0) is 14.8 Å². The quantitative estimate of drug-likeness (QED) is 0.665. The highest BCUT2D eigenvalue weighted by molar-refractivity contribution is 7.89. The van der Waals surface area contributed by atoms with Gasteiger partial charge in [-0.2, -0.15) is 4.31 Å². The van der Waals surface area contributed by atoms with Crippen molar-refractivity contribution >= 4 is 15.9 Å². The lowest BCUT2D eigenvalue weighted by molar-refractivity contribution is -0.133. The molecular formula is C24H29N3O5S. The van der Waals surface area contributed by atoms with Crippen molar-refractivity contribution in [2.75, 3.05) is 52.5 Å². The number of hydrogen-bond acceptors (Lipinski definition) is 6. The number of carbonyl (C=O) groups excluding carboxylic acids is 1. The Bertz CT molecular complexity index is 1100. The van der Waals surface area contributed by atoms with Crippen LogP contribution in [0.5, 0.6) is 11.5 Å². The van der Waals surface area contributed by atoms with Gasteiger partial charge in [0.1, 0.15) is 13.2 Å². The van der Waals surface area contributed by atoms with Crippen LogP contribution < -0.4 is 9.47 Å². The second kappa shape index (κ2) is 9.32. The molecule has 0 saturated carbocycles. The van der Waals surface area contributed by atoms with Crippen LogP contribution in [0.3, 0.4) is 0 Å². The highest BCUT2D eigenvalue weighted by atomic mass is 32.2. The molecule has 0 spiro atoms. The van der Waals surface area contributed by atoms with Gasteiger partial charge in [0.2, 0.25) is 15.9 Å². The molecule has 0 radical (unpaired) electrons. The lowest BCUT2D eigenvalue weighted by atomic mass is 10.0. The zero-order valence-electron chi connectivity index (χ0n) is 18.6. The van der Waals surface area contributed by atoms with Gasteiger partial charge in [0.25, 0.3) is 0 Å². The molecule has 1 amide bonds. The van der Waals surface area contributed by atoms with E-state index in [4.69, 9.17) is 9.47 Å². The molecule has 0 unspecified atom stereocenters. The average molecular weight is 472 g/mol. The molecule has 0 bridgehead atoms. The minimum atomic E-state index is -3.49. The van der Waals surface area contributed by atoms with Crippen LogP contribution in [0.4, 0.5) is 0 Å². The van der Waals surface area contributed by atoms with Crippen LogP contribution in [0.25, 0.3) is 0 Å². The first-order valence-electron chi connectivity index (χ1n) is 11.5. The van der Waals surface area contributed by atoms with Crippen molar-refractivity contribution in [3.05, 3.63) is 54.1 Å². The van der Waals surface area contributed by atoms with Crippen LogP contribution in [0.1, 0.15) is 24.4 Å². The number of benzene rings is 2. The van der Waals surface area contributed by atoms with Crippen molar-refractivity contribution < 1.29 is 22.7 Å². The molecule has 8 nitrogen and oxygen atoms in total. The highest BCUT2D eigenvalue weighted by Crippen LogP contribution is 2.38. The lowest BCUT2D eigenvalue weighted by Crippen LogP contribution is -2.51. The summed E-state index contributed by atoms with van der Waals surface area (Å²) in [5.41, 5.74) is 1.07. The van der Waals surface area contributed by atoms with E-state index in [2.05, 4.69) is 4.90 Å². The molecule has 0 aliphatic carbocycles. The Morgan fingerprint density at radius 3 is 2.39 bits per heavy atom. The van der Waals surface area contributed by atoms with Gasteiger partial charge >= 0.3 is 0 Å². The van der Waals surface area contributed by atoms with Crippen molar-refractivity contribution in [2.24, 2.45) is 0 Å². The molecule has 176 valence electrons. The third-order valence-corrected chi connectivity index (χ3v) is 8.51. The van der Waals surface area contributed by atoms with Crippen LogP contribution in [0.15, 0.2) is 53.4 Å². The second-order valence-corrected chi connectivity index (χ2v) is 10.6. The largest absolute Gasteiger partial charge is 0.486 e. The molecule has 2 fully saturated rings. The maximum atomic E-state index is 13.2. The fraction of sp³-hybridized carbons (Fsp3) is 0.458. The number of sulfonamides is 1. The topological polar surface area (TPSA) is 79.4 Å². The molecule has 3 aliphatic heterocycles. The Balaban J connectivity index is 1.20. The van der Waals surface area contributed by atoms with Gasteiger partial charge in [-0.1, -0.05) is 24.3 Å². The van der Waals surface area contributed by atoms with E-state index in [-0.39, 0.29) is 11.9 Å². The van der Waals surface area contributed by atoms with Gasteiger partial charge in [0.05, 0.1) is 17.5 Å². The number of amides is 1. The molecule has 1 atom stereocenters. The van der Waals surface area contributed by atoms with Gasteiger partial charge in [-0.15, -0.1) is 0 Å². The normalized spacial score (nSPS) is 21.8. The van der Waals surface area contributed by atoms with Crippen LogP contribution in [-0.4, -0.2) is 80.9 Å². The first-order valence-corrected chi connectivity index (χ1v) is 12.9.